The van der Waals surface area contributed by atoms with Gasteiger partial charge in [-0.25, -0.2) is 25.8 Å². The van der Waals surface area contributed by atoms with E-state index >= 15 is 0 Å². The lowest BCUT2D eigenvalue weighted by Gasteiger charge is -2.13. The maximum atomic E-state index is 13.5. The van der Waals surface area contributed by atoms with E-state index in [-0.39, 0.29) is 21.3 Å². The van der Waals surface area contributed by atoms with Crippen LogP contribution in [-0.4, -0.2) is 25.8 Å². The topological polar surface area (TPSA) is 98.1 Å². The predicted molar refractivity (Wildman–Crippen MR) is 135 cm³/mol. The van der Waals surface area contributed by atoms with Crippen molar-refractivity contribution in [3.05, 3.63) is 82.1 Å². The summed E-state index contributed by atoms with van der Waals surface area (Å²) in [5.74, 6) is 0.251. The second kappa shape index (κ2) is 8.72. The van der Waals surface area contributed by atoms with Crippen molar-refractivity contribution in [2.24, 2.45) is 0 Å². The lowest BCUT2D eigenvalue weighted by atomic mass is 10.1. The number of anilines is 1. The zero-order chi connectivity index (χ0) is 24.8. The van der Waals surface area contributed by atoms with Crippen LogP contribution in [0.25, 0.3) is 11.0 Å². The zero-order valence-electron chi connectivity index (χ0n) is 19.1. The molecule has 0 aliphatic heterocycles. The van der Waals surface area contributed by atoms with Gasteiger partial charge < -0.3 is 0 Å². The number of hydrogen-bond donors (Lipinski definition) is 1. The molecular weight excluding hydrogens is 494 g/mol. The van der Waals surface area contributed by atoms with Gasteiger partial charge in [-0.3, -0.25) is 4.72 Å². The third kappa shape index (κ3) is 4.08. The molecule has 7 nitrogen and oxygen atoms in total. The fraction of sp³-hybridized carbons (Fsp3) is 0.208. The molecule has 0 saturated heterocycles. The van der Waals surface area contributed by atoms with Gasteiger partial charge in [-0.05, 0) is 80.3 Å². The number of hydrogen-bond acceptors (Lipinski definition) is 5. The number of aryl methyl sites for hydroxylation is 2. The number of imidazole rings is 1. The summed E-state index contributed by atoms with van der Waals surface area (Å²) in [4.78, 5) is 4.66. The van der Waals surface area contributed by atoms with Crippen molar-refractivity contribution in [1.29, 1.82) is 0 Å². The minimum absolute atomic E-state index is 0.0819. The Hall–Kier alpha value is -2.88. The summed E-state index contributed by atoms with van der Waals surface area (Å²) in [5, 5.41) is 0.349. The Morgan fingerprint density at radius 3 is 2.29 bits per heavy atom. The summed E-state index contributed by atoms with van der Waals surface area (Å²) in [6.07, 6.45) is 0.721. The average Bonchev–Trinajstić information content (AvgIpc) is 3.10. The standard InChI is InChI=1S/C24H24ClN3O4S2/c1-5-18-8-6-10-23(15(18)2)33(29,30)27-19-12-13-22-21(14-19)26-17(4)28(22)34(31,32)24-11-7-9-20(25)16(24)3/h6-14,27H,5H2,1-4H3. The van der Waals surface area contributed by atoms with Crippen LogP contribution in [0.5, 0.6) is 0 Å². The Bertz CT molecular complexity index is 1640. The number of halogens is 1. The number of nitrogens with one attached hydrogen (secondary N) is 1. The third-order valence-corrected chi connectivity index (χ3v) is 9.70. The summed E-state index contributed by atoms with van der Waals surface area (Å²) in [6.45, 7) is 6.98. The van der Waals surface area contributed by atoms with Crippen molar-refractivity contribution in [3.8, 4) is 0 Å². The molecule has 0 unspecified atom stereocenters. The average molecular weight is 518 g/mol. The fourth-order valence-corrected chi connectivity index (χ4v) is 7.37. The lowest BCUT2D eigenvalue weighted by Crippen LogP contribution is -2.16. The highest BCUT2D eigenvalue weighted by Gasteiger charge is 2.26. The molecule has 1 aromatic heterocycles. The first kappa shape index (κ1) is 24.3. The molecule has 0 saturated carbocycles. The van der Waals surface area contributed by atoms with Crippen LogP contribution in [0.1, 0.15) is 29.4 Å². The van der Waals surface area contributed by atoms with Crippen molar-refractivity contribution in [2.45, 2.75) is 43.9 Å². The zero-order valence-corrected chi connectivity index (χ0v) is 21.5. The molecule has 10 heteroatoms. The Morgan fingerprint density at radius 1 is 0.912 bits per heavy atom. The molecule has 4 aromatic rings. The first-order valence-corrected chi connectivity index (χ1v) is 13.9. The van der Waals surface area contributed by atoms with Gasteiger partial charge in [0.05, 0.1) is 26.5 Å². The molecule has 0 spiro atoms. The quantitative estimate of drug-likeness (QED) is 0.378. The van der Waals surface area contributed by atoms with Crippen molar-refractivity contribution in [2.75, 3.05) is 4.72 Å². The highest BCUT2D eigenvalue weighted by molar-refractivity contribution is 7.92. The predicted octanol–water partition coefficient (Wildman–Crippen LogP) is 5.22. The van der Waals surface area contributed by atoms with Gasteiger partial charge in [0.2, 0.25) is 0 Å². The molecule has 178 valence electrons. The molecule has 4 rings (SSSR count). The van der Waals surface area contributed by atoms with Crippen molar-refractivity contribution in [1.82, 2.24) is 8.96 Å². The van der Waals surface area contributed by atoms with Gasteiger partial charge in [0.1, 0.15) is 5.82 Å². The van der Waals surface area contributed by atoms with E-state index in [9.17, 15) is 16.8 Å². The number of nitrogens with zero attached hydrogens (tertiary/aromatic N) is 2. The summed E-state index contributed by atoms with van der Waals surface area (Å²) in [7, 11) is -7.83. The van der Waals surface area contributed by atoms with Crippen LogP contribution >= 0.6 is 11.6 Å². The van der Waals surface area contributed by atoms with Crippen LogP contribution in [0, 0.1) is 20.8 Å². The van der Waals surface area contributed by atoms with E-state index in [1.807, 2.05) is 13.0 Å². The Labute approximate surface area is 204 Å². The molecule has 3 aromatic carbocycles. The summed E-state index contributed by atoms with van der Waals surface area (Å²) in [5.41, 5.74) is 3.06. The van der Waals surface area contributed by atoms with Crippen LogP contribution in [0.15, 0.2) is 64.4 Å². The van der Waals surface area contributed by atoms with Gasteiger partial charge in [-0.15, -0.1) is 0 Å². The van der Waals surface area contributed by atoms with E-state index in [0.29, 0.717) is 27.2 Å². The highest BCUT2D eigenvalue weighted by Crippen LogP contribution is 2.30. The van der Waals surface area contributed by atoms with Gasteiger partial charge in [0.15, 0.2) is 0 Å². The lowest BCUT2D eigenvalue weighted by molar-refractivity contribution is 0.586. The summed E-state index contributed by atoms with van der Waals surface area (Å²) < 4.78 is 56.8. The van der Waals surface area contributed by atoms with Gasteiger partial charge in [-0.1, -0.05) is 36.7 Å². The summed E-state index contributed by atoms with van der Waals surface area (Å²) >= 11 is 6.15. The first-order valence-electron chi connectivity index (χ1n) is 10.6. The number of aromatic nitrogens is 2. The van der Waals surface area contributed by atoms with Gasteiger partial charge in [-0.2, -0.15) is 0 Å². The van der Waals surface area contributed by atoms with Crippen LogP contribution in [0.3, 0.4) is 0 Å². The smallest absolute Gasteiger partial charge is 0.270 e. The SMILES string of the molecule is CCc1cccc(S(=O)(=O)Nc2ccc3c(c2)nc(C)n3S(=O)(=O)c2cccc(Cl)c2C)c1C. The number of rotatable bonds is 6. The minimum atomic E-state index is -3.98. The summed E-state index contributed by atoms with van der Waals surface area (Å²) in [6, 6.07) is 14.5. The first-order chi connectivity index (χ1) is 16.0. The Kier molecular flexibility index (Phi) is 6.22. The molecule has 0 aliphatic rings. The van der Waals surface area contributed by atoms with Crippen LogP contribution in [0.4, 0.5) is 5.69 Å². The molecule has 34 heavy (non-hydrogen) atoms. The van der Waals surface area contributed by atoms with E-state index in [1.165, 1.54) is 18.2 Å². The highest BCUT2D eigenvalue weighted by atomic mass is 35.5. The molecule has 0 radical (unpaired) electrons. The maximum absolute atomic E-state index is 13.5. The monoisotopic (exact) mass is 517 g/mol. The molecule has 0 amide bonds. The Balaban J connectivity index is 1.77. The molecule has 0 aliphatic carbocycles. The molecule has 0 atom stereocenters. The number of sulfonamides is 1. The van der Waals surface area contributed by atoms with Crippen molar-refractivity contribution >= 4 is 48.4 Å². The van der Waals surface area contributed by atoms with Gasteiger partial charge >= 0.3 is 0 Å². The van der Waals surface area contributed by atoms with Crippen LogP contribution in [-0.2, 0) is 26.5 Å². The van der Waals surface area contributed by atoms with E-state index in [0.717, 1.165) is 16.0 Å². The second-order valence-electron chi connectivity index (χ2n) is 7.99. The molecule has 0 fully saturated rings. The van der Waals surface area contributed by atoms with Crippen molar-refractivity contribution in [3.63, 3.8) is 0 Å². The third-order valence-electron chi connectivity index (χ3n) is 5.83. The van der Waals surface area contributed by atoms with Gasteiger partial charge in [0, 0.05) is 5.02 Å². The number of fused-ring (bicyclic) bond motifs is 1. The normalized spacial score (nSPS) is 12.3. The van der Waals surface area contributed by atoms with Crippen LogP contribution < -0.4 is 4.72 Å². The van der Waals surface area contributed by atoms with Gasteiger partial charge in [0.25, 0.3) is 20.0 Å². The number of benzene rings is 3. The molecular formula is C24H24ClN3O4S2. The van der Waals surface area contributed by atoms with E-state index in [2.05, 4.69) is 9.71 Å². The Morgan fingerprint density at radius 2 is 1.59 bits per heavy atom. The van der Waals surface area contributed by atoms with E-state index in [1.54, 1.807) is 51.1 Å². The largest absolute Gasteiger partial charge is 0.280 e. The second-order valence-corrected chi connectivity index (χ2v) is 11.8. The van der Waals surface area contributed by atoms with E-state index in [4.69, 9.17) is 11.6 Å². The maximum Gasteiger partial charge on any atom is 0.270 e. The molecule has 1 N–H and O–H groups in total. The molecule has 1 heterocycles. The van der Waals surface area contributed by atoms with E-state index < -0.39 is 20.0 Å². The molecule has 0 bridgehead atoms. The minimum Gasteiger partial charge on any atom is -0.280 e. The fourth-order valence-electron chi connectivity index (χ4n) is 4.06. The van der Waals surface area contributed by atoms with Crippen LogP contribution in [0.2, 0.25) is 5.02 Å². The van der Waals surface area contributed by atoms with Crippen molar-refractivity contribution < 1.29 is 16.8 Å².